The summed E-state index contributed by atoms with van der Waals surface area (Å²) >= 11 is 0. The SMILES string of the molecule is CCOC1[C@@H](OC)[C@H](C)O[C@H](C)[C@@H]1OC. The van der Waals surface area contributed by atoms with Gasteiger partial charge in [0.25, 0.3) is 0 Å². The molecular weight excluding hydrogens is 196 g/mol. The summed E-state index contributed by atoms with van der Waals surface area (Å²) in [6, 6.07) is 0. The third-order valence-corrected chi connectivity index (χ3v) is 2.91. The van der Waals surface area contributed by atoms with Crippen LogP contribution in [-0.2, 0) is 18.9 Å². The Labute approximate surface area is 91.8 Å². The van der Waals surface area contributed by atoms with E-state index < -0.39 is 0 Å². The lowest BCUT2D eigenvalue weighted by Crippen LogP contribution is -2.58. The van der Waals surface area contributed by atoms with E-state index in [0.717, 1.165) is 0 Å². The molecule has 0 radical (unpaired) electrons. The van der Waals surface area contributed by atoms with E-state index in [2.05, 4.69) is 0 Å². The Hall–Kier alpha value is -0.160. The normalized spacial score (nSPS) is 41.8. The van der Waals surface area contributed by atoms with Gasteiger partial charge in [-0.15, -0.1) is 0 Å². The molecule has 0 aromatic heterocycles. The molecular formula is C11H22O4. The minimum absolute atomic E-state index is 0.0351. The molecule has 1 rings (SSSR count). The summed E-state index contributed by atoms with van der Waals surface area (Å²) in [5, 5.41) is 0. The average molecular weight is 218 g/mol. The van der Waals surface area contributed by atoms with Gasteiger partial charge in [0, 0.05) is 20.8 Å². The van der Waals surface area contributed by atoms with Crippen molar-refractivity contribution in [3.63, 3.8) is 0 Å². The first-order valence-corrected chi connectivity index (χ1v) is 5.48. The van der Waals surface area contributed by atoms with Crippen LogP contribution in [0, 0.1) is 0 Å². The monoisotopic (exact) mass is 218 g/mol. The molecule has 0 amide bonds. The maximum absolute atomic E-state index is 5.74. The number of hydrogen-bond acceptors (Lipinski definition) is 4. The second-order valence-electron chi connectivity index (χ2n) is 3.87. The molecule has 1 fully saturated rings. The summed E-state index contributed by atoms with van der Waals surface area (Å²) in [6.45, 7) is 6.64. The molecule has 90 valence electrons. The average Bonchev–Trinajstić information content (AvgIpc) is 2.18. The van der Waals surface area contributed by atoms with Crippen molar-refractivity contribution in [3.8, 4) is 0 Å². The second-order valence-corrected chi connectivity index (χ2v) is 3.87. The van der Waals surface area contributed by atoms with Crippen molar-refractivity contribution < 1.29 is 18.9 Å². The van der Waals surface area contributed by atoms with E-state index in [1.165, 1.54) is 0 Å². The molecule has 4 nitrogen and oxygen atoms in total. The van der Waals surface area contributed by atoms with Crippen molar-refractivity contribution >= 4 is 0 Å². The molecule has 1 heterocycles. The van der Waals surface area contributed by atoms with E-state index in [1.54, 1.807) is 14.2 Å². The van der Waals surface area contributed by atoms with Crippen molar-refractivity contribution in [2.45, 2.75) is 51.3 Å². The van der Waals surface area contributed by atoms with Gasteiger partial charge in [0.15, 0.2) is 0 Å². The van der Waals surface area contributed by atoms with E-state index >= 15 is 0 Å². The molecule has 5 atom stereocenters. The van der Waals surface area contributed by atoms with Crippen LogP contribution in [0.1, 0.15) is 20.8 Å². The van der Waals surface area contributed by atoms with Crippen LogP contribution < -0.4 is 0 Å². The van der Waals surface area contributed by atoms with Gasteiger partial charge in [-0.25, -0.2) is 0 Å². The van der Waals surface area contributed by atoms with Crippen LogP contribution in [0.4, 0.5) is 0 Å². The van der Waals surface area contributed by atoms with Crippen LogP contribution in [0.15, 0.2) is 0 Å². The zero-order valence-corrected chi connectivity index (χ0v) is 10.2. The number of ether oxygens (including phenoxy) is 4. The van der Waals surface area contributed by atoms with E-state index in [1.807, 2.05) is 20.8 Å². The lowest BCUT2D eigenvalue weighted by atomic mass is 9.96. The number of rotatable bonds is 4. The summed E-state index contributed by atoms with van der Waals surface area (Å²) in [7, 11) is 3.36. The third kappa shape index (κ3) is 2.69. The maximum atomic E-state index is 5.74. The van der Waals surface area contributed by atoms with E-state index in [9.17, 15) is 0 Å². The standard InChI is InChI=1S/C11H22O4/c1-6-14-11-9(12-4)7(2)15-8(3)10(11)13-5/h7-11H,6H2,1-5H3/t7-,8+,9-,10-,11?/m0/s1. The van der Waals surface area contributed by atoms with Gasteiger partial charge < -0.3 is 18.9 Å². The minimum Gasteiger partial charge on any atom is -0.376 e. The van der Waals surface area contributed by atoms with Crippen LogP contribution in [0.25, 0.3) is 0 Å². The van der Waals surface area contributed by atoms with E-state index in [0.29, 0.717) is 6.61 Å². The fraction of sp³-hybridized carbons (Fsp3) is 1.00. The van der Waals surface area contributed by atoms with Crippen molar-refractivity contribution in [2.75, 3.05) is 20.8 Å². The van der Waals surface area contributed by atoms with E-state index in [-0.39, 0.29) is 30.5 Å². The van der Waals surface area contributed by atoms with Gasteiger partial charge >= 0.3 is 0 Å². The fourth-order valence-electron chi connectivity index (χ4n) is 2.25. The van der Waals surface area contributed by atoms with Gasteiger partial charge in [-0.2, -0.15) is 0 Å². The molecule has 0 saturated carbocycles. The van der Waals surface area contributed by atoms with Crippen LogP contribution in [0.5, 0.6) is 0 Å². The Kier molecular flexibility index (Phi) is 4.99. The van der Waals surface area contributed by atoms with Crippen molar-refractivity contribution in [1.82, 2.24) is 0 Å². The minimum atomic E-state index is -0.0638. The third-order valence-electron chi connectivity index (χ3n) is 2.91. The van der Waals surface area contributed by atoms with E-state index in [4.69, 9.17) is 18.9 Å². The summed E-state index contributed by atoms with van der Waals surface area (Å²) < 4.78 is 22.3. The molecule has 15 heavy (non-hydrogen) atoms. The van der Waals surface area contributed by atoms with Crippen molar-refractivity contribution in [1.29, 1.82) is 0 Å². The van der Waals surface area contributed by atoms with Gasteiger partial charge in [0.1, 0.15) is 18.3 Å². The summed E-state index contributed by atoms with van der Waals surface area (Å²) in [4.78, 5) is 0. The lowest BCUT2D eigenvalue weighted by molar-refractivity contribution is -0.238. The second kappa shape index (κ2) is 5.80. The first-order valence-electron chi connectivity index (χ1n) is 5.48. The molecule has 1 saturated heterocycles. The first-order chi connectivity index (χ1) is 7.15. The number of methoxy groups -OCH3 is 2. The predicted octanol–water partition coefficient (Wildman–Crippen LogP) is 1.23. The number of hydrogen-bond donors (Lipinski definition) is 0. The highest BCUT2D eigenvalue weighted by Crippen LogP contribution is 2.26. The largest absolute Gasteiger partial charge is 0.376 e. The predicted molar refractivity (Wildman–Crippen MR) is 57.0 cm³/mol. The molecule has 0 bridgehead atoms. The van der Waals surface area contributed by atoms with Gasteiger partial charge in [0.2, 0.25) is 0 Å². The van der Waals surface area contributed by atoms with Crippen LogP contribution >= 0.6 is 0 Å². The van der Waals surface area contributed by atoms with Gasteiger partial charge in [-0.1, -0.05) is 0 Å². The highest BCUT2D eigenvalue weighted by molar-refractivity contribution is 4.91. The molecule has 0 spiro atoms. The Morgan fingerprint density at radius 2 is 1.40 bits per heavy atom. The molecule has 0 N–H and O–H groups in total. The highest BCUT2D eigenvalue weighted by Gasteiger charge is 2.43. The zero-order valence-electron chi connectivity index (χ0n) is 10.2. The van der Waals surface area contributed by atoms with Crippen molar-refractivity contribution in [2.24, 2.45) is 0 Å². The summed E-state index contributed by atoms with van der Waals surface area (Å²) in [5.41, 5.74) is 0. The molecule has 1 aliphatic rings. The van der Waals surface area contributed by atoms with Gasteiger partial charge in [0.05, 0.1) is 12.2 Å². The van der Waals surface area contributed by atoms with Crippen LogP contribution in [-0.4, -0.2) is 51.3 Å². The molecule has 0 aliphatic carbocycles. The lowest BCUT2D eigenvalue weighted by Gasteiger charge is -2.43. The Bertz CT molecular complexity index is 169. The smallest absolute Gasteiger partial charge is 0.115 e. The Morgan fingerprint density at radius 1 is 0.933 bits per heavy atom. The van der Waals surface area contributed by atoms with Gasteiger partial charge in [-0.3, -0.25) is 0 Å². The zero-order chi connectivity index (χ0) is 11.4. The Balaban J connectivity index is 2.77. The van der Waals surface area contributed by atoms with Gasteiger partial charge in [-0.05, 0) is 20.8 Å². The highest BCUT2D eigenvalue weighted by atomic mass is 16.6. The van der Waals surface area contributed by atoms with Crippen molar-refractivity contribution in [3.05, 3.63) is 0 Å². The molecule has 1 unspecified atom stereocenters. The topological polar surface area (TPSA) is 36.9 Å². The maximum Gasteiger partial charge on any atom is 0.115 e. The molecule has 0 aromatic carbocycles. The molecule has 1 aliphatic heterocycles. The fourth-order valence-corrected chi connectivity index (χ4v) is 2.25. The van der Waals surface area contributed by atoms with Crippen LogP contribution in [0.3, 0.4) is 0 Å². The summed E-state index contributed by atoms with van der Waals surface area (Å²) in [6.07, 6.45) is -0.109. The first kappa shape index (κ1) is 12.9. The summed E-state index contributed by atoms with van der Waals surface area (Å²) in [5.74, 6) is 0. The Morgan fingerprint density at radius 3 is 1.73 bits per heavy atom. The molecule has 4 heteroatoms. The quantitative estimate of drug-likeness (QED) is 0.711. The molecule has 0 aromatic rings. The van der Waals surface area contributed by atoms with Crippen LogP contribution in [0.2, 0.25) is 0 Å².